The highest BCUT2D eigenvalue weighted by molar-refractivity contribution is 5.03. The monoisotopic (exact) mass is 195 g/mol. The second-order valence-corrected chi connectivity index (χ2v) is 4.19. The Bertz CT molecular complexity index is 253. The lowest BCUT2D eigenvalue weighted by Crippen LogP contribution is -2.02. The summed E-state index contributed by atoms with van der Waals surface area (Å²) < 4.78 is 2.02. The van der Waals surface area contributed by atoms with Gasteiger partial charge in [0.2, 0.25) is 0 Å². The van der Waals surface area contributed by atoms with Crippen molar-refractivity contribution >= 4 is 0 Å². The Kier molecular flexibility index (Phi) is 4.66. The lowest BCUT2D eigenvalue weighted by Gasteiger charge is -2.03. The van der Waals surface area contributed by atoms with E-state index >= 15 is 0 Å². The molecule has 1 heterocycles. The number of nitrogens with two attached hydrogens (primary N) is 1. The predicted molar refractivity (Wildman–Crippen MR) is 59.1 cm³/mol. The van der Waals surface area contributed by atoms with Crippen molar-refractivity contribution in [3.63, 3.8) is 0 Å². The summed E-state index contributed by atoms with van der Waals surface area (Å²) in [6, 6.07) is 0. The van der Waals surface area contributed by atoms with Crippen molar-refractivity contribution in [1.82, 2.24) is 9.78 Å². The van der Waals surface area contributed by atoms with Crippen LogP contribution in [0.1, 0.15) is 32.3 Å². The second kappa shape index (κ2) is 5.81. The molecule has 0 bridgehead atoms. The molecule has 0 saturated carbocycles. The van der Waals surface area contributed by atoms with Gasteiger partial charge < -0.3 is 5.73 Å². The van der Waals surface area contributed by atoms with E-state index in [9.17, 15) is 0 Å². The molecule has 2 N–H and O–H groups in total. The number of rotatable bonds is 6. The average Bonchev–Trinajstić information content (AvgIpc) is 2.53. The lowest BCUT2D eigenvalue weighted by molar-refractivity contribution is 0.490. The van der Waals surface area contributed by atoms with E-state index in [1.807, 2.05) is 10.9 Å². The Morgan fingerprint density at radius 2 is 2.29 bits per heavy atom. The van der Waals surface area contributed by atoms with Gasteiger partial charge in [-0.2, -0.15) is 5.10 Å². The molecule has 0 spiro atoms. The molecule has 1 aromatic heterocycles. The van der Waals surface area contributed by atoms with Gasteiger partial charge in [-0.3, -0.25) is 4.68 Å². The molecule has 0 radical (unpaired) electrons. The molecule has 14 heavy (non-hydrogen) atoms. The first kappa shape index (κ1) is 11.2. The highest BCUT2D eigenvalue weighted by atomic mass is 15.3. The molecule has 0 amide bonds. The SMILES string of the molecule is CC(C)CCCn1cc(CCN)cn1. The molecular weight excluding hydrogens is 174 g/mol. The van der Waals surface area contributed by atoms with Crippen LogP contribution in [-0.2, 0) is 13.0 Å². The van der Waals surface area contributed by atoms with Crippen molar-refractivity contribution < 1.29 is 0 Å². The van der Waals surface area contributed by atoms with Gasteiger partial charge >= 0.3 is 0 Å². The molecule has 3 nitrogen and oxygen atoms in total. The zero-order valence-electron chi connectivity index (χ0n) is 9.24. The fourth-order valence-corrected chi connectivity index (χ4v) is 1.49. The van der Waals surface area contributed by atoms with E-state index in [4.69, 9.17) is 5.73 Å². The summed E-state index contributed by atoms with van der Waals surface area (Å²) >= 11 is 0. The first-order chi connectivity index (χ1) is 6.72. The van der Waals surface area contributed by atoms with Gasteiger partial charge in [-0.15, -0.1) is 0 Å². The van der Waals surface area contributed by atoms with Crippen LogP contribution in [-0.4, -0.2) is 16.3 Å². The third-order valence-electron chi connectivity index (χ3n) is 2.29. The molecule has 0 saturated heterocycles. The smallest absolute Gasteiger partial charge is 0.0522 e. The molecule has 0 atom stereocenters. The quantitative estimate of drug-likeness (QED) is 0.752. The van der Waals surface area contributed by atoms with Crippen molar-refractivity contribution in [3.8, 4) is 0 Å². The summed E-state index contributed by atoms with van der Waals surface area (Å²) in [6.07, 6.45) is 7.44. The molecule has 0 unspecified atom stereocenters. The molecule has 0 aromatic carbocycles. The highest BCUT2D eigenvalue weighted by Crippen LogP contribution is 2.05. The number of hydrogen-bond donors (Lipinski definition) is 1. The minimum atomic E-state index is 0.706. The maximum absolute atomic E-state index is 5.47. The fraction of sp³-hybridized carbons (Fsp3) is 0.727. The summed E-state index contributed by atoms with van der Waals surface area (Å²) in [5, 5.41) is 4.29. The number of aryl methyl sites for hydroxylation is 1. The maximum atomic E-state index is 5.47. The van der Waals surface area contributed by atoms with E-state index in [0.717, 1.165) is 18.9 Å². The highest BCUT2D eigenvalue weighted by Gasteiger charge is 1.98. The van der Waals surface area contributed by atoms with Crippen LogP contribution in [0.25, 0.3) is 0 Å². The van der Waals surface area contributed by atoms with Gasteiger partial charge in [0.05, 0.1) is 6.20 Å². The largest absolute Gasteiger partial charge is 0.330 e. The fourth-order valence-electron chi connectivity index (χ4n) is 1.49. The van der Waals surface area contributed by atoms with Crippen molar-refractivity contribution in [3.05, 3.63) is 18.0 Å². The van der Waals surface area contributed by atoms with Crippen LogP contribution in [0.2, 0.25) is 0 Å². The Hall–Kier alpha value is -0.830. The van der Waals surface area contributed by atoms with Crippen LogP contribution < -0.4 is 5.73 Å². The van der Waals surface area contributed by atoms with Gasteiger partial charge in [0.25, 0.3) is 0 Å². The van der Waals surface area contributed by atoms with Crippen molar-refractivity contribution in [2.75, 3.05) is 6.54 Å². The van der Waals surface area contributed by atoms with E-state index < -0.39 is 0 Å². The third kappa shape index (κ3) is 3.92. The number of nitrogens with zero attached hydrogens (tertiary/aromatic N) is 2. The summed E-state index contributed by atoms with van der Waals surface area (Å²) in [6.45, 7) is 6.24. The Morgan fingerprint density at radius 1 is 1.50 bits per heavy atom. The van der Waals surface area contributed by atoms with Crippen LogP contribution in [0, 0.1) is 5.92 Å². The lowest BCUT2D eigenvalue weighted by atomic mass is 10.1. The second-order valence-electron chi connectivity index (χ2n) is 4.19. The molecule has 1 rings (SSSR count). The van der Waals surface area contributed by atoms with Gasteiger partial charge in [-0.1, -0.05) is 13.8 Å². The molecule has 1 aromatic rings. The van der Waals surface area contributed by atoms with Crippen LogP contribution in [0.3, 0.4) is 0 Å². The zero-order valence-corrected chi connectivity index (χ0v) is 9.24. The Balaban J connectivity index is 2.28. The van der Waals surface area contributed by atoms with E-state index in [1.54, 1.807) is 0 Å². The van der Waals surface area contributed by atoms with E-state index in [0.29, 0.717) is 6.54 Å². The molecule has 0 aliphatic carbocycles. The predicted octanol–water partition coefficient (Wildman–Crippen LogP) is 1.82. The summed E-state index contributed by atoms with van der Waals surface area (Å²) in [5.41, 5.74) is 6.72. The molecule has 0 fully saturated rings. The Morgan fingerprint density at radius 3 is 2.93 bits per heavy atom. The topological polar surface area (TPSA) is 43.8 Å². The van der Waals surface area contributed by atoms with E-state index in [1.165, 1.54) is 18.4 Å². The van der Waals surface area contributed by atoms with Gasteiger partial charge in [0, 0.05) is 12.7 Å². The molecular formula is C11H21N3. The van der Waals surface area contributed by atoms with Gasteiger partial charge in [0.15, 0.2) is 0 Å². The third-order valence-corrected chi connectivity index (χ3v) is 2.29. The van der Waals surface area contributed by atoms with Gasteiger partial charge in [-0.05, 0) is 37.3 Å². The van der Waals surface area contributed by atoms with E-state index in [-0.39, 0.29) is 0 Å². The first-order valence-corrected chi connectivity index (χ1v) is 5.43. The minimum Gasteiger partial charge on any atom is -0.330 e. The molecule has 3 heteroatoms. The van der Waals surface area contributed by atoms with Crippen LogP contribution >= 0.6 is 0 Å². The first-order valence-electron chi connectivity index (χ1n) is 5.43. The zero-order chi connectivity index (χ0) is 10.4. The van der Waals surface area contributed by atoms with Gasteiger partial charge in [0.1, 0.15) is 0 Å². The number of aromatic nitrogens is 2. The average molecular weight is 195 g/mol. The molecule has 0 aliphatic heterocycles. The summed E-state index contributed by atoms with van der Waals surface area (Å²) in [5.74, 6) is 0.786. The minimum absolute atomic E-state index is 0.706. The molecule has 0 aliphatic rings. The number of hydrogen-bond acceptors (Lipinski definition) is 2. The standard InChI is InChI=1S/C11H21N3/c1-10(2)4-3-7-14-9-11(5-6-12)8-13-14/h8-10H,3-7,12H2,1-2H3. The summed E-state index contributed by atoms with van der Waals surface area (Å²) in [7, 11) is 0. The van der Waals surface area contributed by atoms with Crippen LogP contribution in [0.5, 0.6) is 0 Å². The Labute approximate surface area is 86.3 Å². The molecule has 80 valence electrons. The van der Waals surface area contributed by atoms with Gasteiger partial charge in [-0.25, -0.2) is 0 Å². The van der Waals surface area contributed by atoms with Crippen molar-refractivity contribution in [2.45, 2.75) is 39.7 Å². The van der Waals surface area contributed by atoms with Crippen LogP contribution in [0.15, 0.2) is 12.4 Å². The maximum Gasteiger partial charge on any atom is 0.0522 e. The van der Waals surface area contributed by atoms with Crippen molar-refractivity contribution in [2.24, 2.45) is 11.7 Å². The van der Waals surface area contributed by atoms with Crippen LogP contribution in [0.4, 0.5) is 0 Å². The normalized spacial score (nSPS) is 11.1. The van der Waals surface area contributed by atoms with Crippen molar-refractivity contribution in [1.29, 1.82) is 0 Å². The van der Waals surface area contributed by atoms with E-state index in [2.05, 4.69) is 25.1 Å². The summed E-state index contributed by atoms with van der Waals surface area (Å²) in [4.78, 5) is 0.